The maximum atomic E-state index is 8.44. The van der Waals surface area contributed by atoms with Crippen LogP contribution in [0, 0.1) is 0 Å². The van der Waals surface area contributed by atoms with Crippen molar-refractivity contribution in [2.24, 2.45) is 0 Å². The van der Waals surface area contributed by atoms with E-state index in [1.807, 2.05) is 0 Å². The average molecular weight is 266 g/mol. The maximum absolute atomic E-state index is 8.44. The van der Waals surface area contributed by atoms with Gasteiger partial charge in [0.15, 0.2) is 0 Å². The number of carbonyl (C=O) groups is 1. The van der Waals surface area contributed by atoms with Crippen LogP contribution in [-0.4, -0.2) is 11.3 Å². The first-order valence-electron chi connectivity index (χ1n) is 0.632. The molecular weight excluding hydrogens is 260 g/mol. The van der Waals surface area contributed by atoms with Gasteiger partial charge in [-0.15, -0.1) is 62.0 Å². The second-order valence-corrected chi connectivity index (χ2v) is 0.266. The van der Waals surface area contributed by atoms with E-state index < -0.39 is 6.16 Å². The summed E-state index contributed by atoms with van der Waals surface area (Å²) in [5.74, 6) is 0. The summed E-state index contributed by atoms with van der Waals surface area (Å²) >= 11 is 0. The number of carboxylic acid groups (broad SMARTS) is 2. The summed E-state index contributed by atoms with van der Waals surface area (Å²) in [5.41, 5.74) is 0. The van der Waals surface area contributed by atoms with Crippen molar-refractivity contribution in [1.82, 2.24) is 0 Å². The molecule has 0 spiro atoms. The van der Waals surface area contributed by atoms with E-state index in [2.05, 4.69) is 0 Å². The van der Waals surface area contributed by atoms with Gasteiger partial charge in [0.05, 0.1) is 0 Å². The molecule has 1 N–H and O–H groups in total. The first-order valence-corrected chi connectivity index (χ1v) is 0.632. The molecule has 0 rings (SSSR count). The fourth-order valence-electron chi connectivity index (χ4n) is 0. The van der Waals surface area contributed by atoms with Crippen LogP contribution in [-0.2, 0) is 0 Å². The molecule has 0 aliphatic carbocycles. The number of rotatable bonds is 0. The van der Waals surface area contributed by atoms with E-state index in [9.17, 15) is 0 Å². The van der Waals surface area contributed by atoms with Crippen LogP contribution in [0.4, 0.5) is 4.79 Å². The van der Waals surface area contributed by atoms with Gasteiger partial charge in [-0.2, -0.15) is 0 Å². The smallest absolute Gasteiger partial charge is 0.565 e. The summed E-state index contributed by atoms with van der Waals surface area (Å²) in [5, 5.41) is 15.3. The van der Waals surface area contributed by atoms with Gasteiger partial charge in [0.2, 0.25) is 6.16 Å². The van der Waals surface area contributed by atoms with Crippen molar-refractivity contribution in [2.45, 2.75) is 0 Å². The van der Waals surface area contributed by atoms with E-state index in [4.69, 9.17) is 15.0 Å². The van der Waals surface area contributed by atoms with E-state index in [1.165, 1.54) is 0 Å². The van der Waals surface area contributed by atoms with Gasteiger partial charge in [-0.05, 0) is 0 Å². The Balaban J connectivity index is -0.00000000300. The Labute approximate surface area is 112 Å². The van der Waals surface area contributed by atoms with Crippen molar-refractivity contribution in [2.75, 3.05) is 0 Å². The molecule has 3 nitrogen and oxygen atoms in total. The Kier molecular flexibility index (Phi) is 275. The Morgan fingerprint density at radius 2 is 1.00 bits per heavy atom. The molecule has 0 heterocycles. The number of hydrogen-bond acceptors (Lipinski definition) is 2. The molecule has 0 radical (unpaired) electrons. The molecule has 0 aromatic heterocycles. The van der Waals surface area contributed by atoms with Gasteiger partial charge in [-0.3, -0.25) is 0 Å². The second-order valence-electron chi connectivity index (χ2n) is 0.266. The Morgan fingerprint density at radius 3 is 1.00 bits per heavy atom. The molecule has 0 unspecified atom stereocenters. The van der Waals surface area contributed by atoms with Crippen molar-refractivity contribution < 1.29 is 44.6 Å². The molecule has 0 aromatic carbocycles. The summed E-state index contributed by atoms with van der Waals surface area (Å²) in [6, 6.07) is 0. The van der Waals surface area contributed by atoms with E-state index in [-0.39, 0.29) is 91.6 Å². The van der Waals surface area contributed by atoms with Gasteiger partial charge < -0.3 is 15.0 Å². The summed E-state index contributed by atoms with van der Waals surface area (Å²) in [7, 11) is 0. The van der Waals surface area contributed by atoms with Gasteiger partial charge in [-0.25, -0.2) is 0 Å². The molecule has 0 atom stereocenters. The molecular formula is CH6Cl5NaO3. The molecule has 0 bridgehead atoms. The molecule has 0 aromatic rings. The fraction of sp³-hybridized carbons (Fsp3) is 0. The Hall–Kier alpha value is 1.72. The maximum Gasteiger partial charge on any atom is 1.00 e. The standard InChI is InChI=1S/CH2O3.5ClH.Na/c2-1(3)4;;;;;;/h(H2,2,3,4);5*1H;/q;;;;;;+1/p-1. The van der Waals surface area contributed by atoms with E-state index in [0.29, 0.717) is 0 Å². The minimum absolute atomic E-state index is 0. The van der Waals surface area contributed by atoms with Gasteiger partial charge in [0.1, 0.15) is 0 Å². The molecule has 10 heavy (non-hydrogen) atoms. The van der Waals surface area contributed by atoms with Crippen LogP contribution in [0.15, 0.2) is 0 Å². The van der Waals surface area contributed by atoms with Crippen LogP contribution in [0.3, 0.4) is 0 Å². The topological polar surface area (TPSA) is 60.4 Å². The summed E-state index contributed by atoms with van der Waals surface area (Å²) in [6.45, 7) is 0. The zero-order chi connectivity index (χ0) is 3.58. The molecule has 0 saturated carbocycles. The summed E-state index contributed by atoms with van der Waals surface area (Å²) in [6.07, 6.45) is -2.08. The van der Waals surface area contributed by atoms with E-state index in [0.717, 1.165) is 0 Å². The quantitative estimate of drug-likeness (QED) is 0.516. The molecule has 0 saturated heterocycles. The van der Waals surface area contributed by atoms with E-state index >= 15 is 0 Å². The minimum atomic E-state index is -2.08. The first kappa shape index (κ1) is 60.5. The van der Waals surface area contributed by atoms with Crippen molar-refractivity contribution >= 4 is 68.2 Å². The molecule has 0 aliphatic heterocycles. The second kappa shape index (κ2) is 45.5. The van der Waals surface area contributed by atoms with Crippen LogP contribution >= 0.6 is 62.0 Å². The Bertz CT molecular complexity index is 39.9. The van der Waals surface area contributed by atoms with Crippen molar-refractivity contribution in [1.29, 1.82) is 0 Å². The van der Waals surface area contributed by atoms with Crippen molar-refractivity contribution in [3.63, 3.8) is 0 Å². The summed E-state index contributed by atoms with van der Waals surface area (Å²) in [4.78, 5) is 8.44. The van der Waals surface area contributed by atoms with Crippen LogP contribution in [0.25, 0.3) is 0 Å². The Morgan fingerprint density at radius 1 is 1.00 bits per heavy atom. The third kappa shape index (κ3) is 250. The van der Waals surface area contributed by atoms with E-state index in [1.54, 1.807) is 0 Å². The molecule has 9 heteroatoms. The number of hydrogen-bond donors (Lipinski definition) is 1. The monoisotopic (exact) mass is 264 g/mol. The normalized spacial score (nSPS) is 2.40. The van der Waals surface area contributed by atoms with Crippen LogP contribution in [0.5, 0.6) is 0 Å². The first-order chi connectivity index (χ1) is 1.73. The molecule has 0 fully saturated rings. The van der Waals surface area contributed by atoms with Gasteiger partial charge in [-0.1, -0.05) is 0 Å². The van der Waals surface area contributed by atoms with Crippen LogP contribution in [0.2, 0.25) is 0 Å². The zero-order valence-corrected chi connectivity index (χ0v) is 10.9. The number of halogens is 5. The van der Waals surface area contributed by atoms with Gasteiger partial charge in [0.25, 0.3) is 0 Å². The van der Waals surface area contributed by atoms with Gasteiger partial charge in [0, 0.05) is 0 Å². The predicted octanol–water partition coefficient (Wildman–Crippen LogP) is -2.00. The largest absolute Gasteiger partial charge is 1.00 e. The predicted molar refractivity (Wildman–Crippen MR) is 44.3 cm³/mol. The fourth-order valence-corrected chi connectivity index (χ4v) is 0. The third-order valence-corrected chi connectivity index (χ3v) is 0. The minimum Gasteiger partial charge on any atom is -0.565 e. The SMILES string of the molecule is Cl.Cl.Cl.Cl.Cl.O=C([O-])O.[Na+]. The van der Waals surface area contributed by atoms with Crippen molar-refractivity contribution in [3.05, 3.63) is 0 Å². The van der Waals surface area contributed by atoms with Gasteiger partial charge >= 0.3 is 29.6 Å². The third-order valence-electron chi connectivity index (χ3n) is 0. The van der Waals surface area contributed by atoms with Crippen molar-refractivity contribution in [3.8, 4) is 0 Å². The molecule has 64 valence electrons. The zero-order valence-electron chi connectivity index (χ0n) is 4.80. The molecule has 0 aliphatic rings. The van der Waals surface area contributed by atoms with Crippen LogP contribution in [0.1, 0.15) is 0 Å². The average Bonchev–Trinajstić information content (AvgIpc) is 0.811. The molecule has 0 amide bonds. The summed E-state index contributed by atoms with van der Waals surface area (Å²) < 4.78 is 0. The van der Waals surface area contributed by atoms with Crippen LogP contribution < -0.4 is 34.7 Å².